The Bertz CT molecular complexity index is 848. The number of nitrogens with zero attached hydrogens (tertiary/aromatic N) is 6. The number of anilines is 1. The molecule has 1 saturated heterocycles. The van der Waals surface area contributed by atoms with Crippen LogP contribution in [0.3, 0.4) is 0 Å². The molecule has 0 N–H and O–H groups in total. The van der Waals surface area contributed by atoms with E-state index in [-0.39, 0.29) is 5.60 Å². The van der Waals surface area contributed by atoms with Gasteiger partial charge in [0.15, 0.2) is 0 Å². The van der Waals surface area contributed by atoms with Crippen LogP contribution in [0.2, 0.25) is 0 Å². The highest BCUT2D eigenvalue weighted by atomic mass is 16.5. The molecule has 1 aliphatic rings. The molecule has 1 aliphatic heterocycles. The SMILES string of the molecule is CCn1c(Cc2cn3ccccc3n2)nnc1N1CCOC(C)(C)C1. The minimum absolute atomic E-state index is 0.162. The Kier molecular flexibility index (Phi) is 3.95. The third-order valence-electron chi connectivity index (χ3n) is 4.59. The van der Waals surface area contributed by atoms with E-state index in [9.17, 15) is 0 Å². The first kappa shape index (κ1) is 16.1. The van der Waals surface area contributed by atoms with Crippen molar-refractivity contribution >= 4 is 11.6 Å². The van der Waals surface area contributed by atoms with E-state index >= 15 is 0 Å². The highest BCUT2D eigenvalue weighted by Crippen LogP contribution is 2.23. The third kappa shape index (κ3) is 3.11. The van der Waals surface area contributed by atoms with Crippen molar-refractivity contribution in [2.45, 2.75) is 39.3 Å². The number of aromatic nitrogens is 5. The van der Waals surface area contributed by atoms with E-state index in [0.29, 0.717) is 13.0 Å². The smallest absolute Gasteiger partial charge is 0.227 e. The van der Waals surface area contributed by atoms with Crippen molar-refractivity contribution in [2.24, 2.45) is 0 Å². The first-order valence-electron chi connectivity index (χ1n) is 8.79. The summed E-state index contributed by atoms with van der Waals surface area (Å²) >= 11 is 0. The first-order valence-corrected chi connectivity index (χ1v) is 8.79. The summed E-state index contributed by atoms with van der Waals surface area (Å²) in [5.41, 5.74) is 1.79. The van der Waals surface area contributed by atoms with Gasteiger partial charge in [-0.3, -0.25) is 4.57 Å². The molecule has 0 aliphatic carbocycles. The molecule has 0 amide bonds. The Hall–Kier alpha value is -2.41. The standard InChI is InChI=1S/C18H24N6O/c1-4-24-16(11-14-12-22-8-6-5-7-15(22)19-14)20-21-17(24)23-9-10-25-18(2,3)13-23/h5-8,12H,4,9-11,13H2,1-3H3. The second-order valence-corrected chi connectivity index (χ2v) is 7.07. The summed E-state index contributed by atoms with van der Waals surface area (Å²) in [5, 5.41) is 8.93. The van der Waals surface area contributed by atoms with E-state index in [4.69, 9.17) is 4.74 Å². The zero-order valence-corrected chi connectivity index (χ0v) is 15.0. The summed E-state index contributed by atoms with van der Waals surface area (Å²) in [6.07, 6.45) is 4.75. The van der Waals surface area contributed by atoms with E-state index < -0.39 is 0 Å². The first-order chi connectivity index (χ1) is 12.1. The van der Waals surface area contributed by atoms with E-state index in [1.807, 2.05) is 28.8 Å². The summed E-state index contributed by atoms with van der Waals surface area (Å²) in [6, 6.07) is 6.01. The van der Waals surface area contributed by atoms with Crippen molar-refractivity contribution in [3.8, 4) is 0 Å². The lowest BCUT2D eigenvalue weighted by atomic mass is 10.1. The number of pyridine rings is 1. The van der Waals surface area contributed by atoms with Gasteiger partial charge in [-0.25, -0.2) is 4.98 Å². The minimum atomic E-state index is -0.162. The Morgan fingerprint density at radius 2 is 2.12 bits per heavy atom. The average molecular weight is 340 g/mol. The summed E-state index contributed by atoms with van der Waals surface area (Å²) in [6.45, 7) is 9.57. The van der Waals surface area contributed by atoms with Gasteiger partial charge >= 0.3 is 0 Å². The lowest BCUT2D eigenvalue weighted by Gasteiger charge is -2.38. The quantitative estimate of drug-likeness (QED) is 0.728. The fourth-order valence-electron chi connectivity index (χ4n) is 3.44. The molecule has 3 aromatic heterocycles. The van der Waals surface area contributed by atoms with Gasteiger partial charge in [0.05, 0.1) is 24.3 Å². The summed E-state index contributed by atoms with van der Waals surface area (Å²) in [7, 11) is 0. The fourth-order valence-corrected chi connectivity index (χ4v) is 3.44. The van der Waals surface area contributed by atoms with Crippen LogP contribution in [0.15, 0.2) is 30.6 Å². The predicted octanol–water partition coefficient (Wildman–Crippen LogP) is 2.15. The lowest BCUT2D eigenvalue weighted by molar-refractivity contribution is -0.0283. The normalized spacial score (nSPS) is 17.3. The Labute approximate surface area is 147 Å². The molecule has 7 nitrogen and oxygen atoms in total. The monoisotopic (exact) mass is 340 g/mol. The lowest BCUT2D eigenvalue weighted by Crippen LogP contribution is -2.49. The molecular formula is C18H24N6O. The Balaban J connectivity index is 1.61. The van der Waals surface area contributed by atoms with Crippen LogP contribution < -0.4 is 4.90 Å². The van der Waals surface area contributed by atoms with Crippen LogP contribution in [0.1, 0.15) is 32.3 Å². The highest BCUT2D eigenvalue weighted by Gasteiger charge is 2.30. The number of imidazole rings is 1. The van der Waals surface area contributed by atoms with Crippen LogP contribution in [0, 0.1) is 0 Å². The van der Waals surface area contributed by atoms with Gasteiger partial charge in [-0.05, 0) is 32.9 Å². The summed E-state index contributed by atoms with van der Waals surface area (Å²) < 4.78 is 10.0. The maximum atomic E-state index is 5.81. The van der Waals surface area contributed by atoms with E-state index in [0.717, 1.165) is 42.7 Å². The van der Waals surface area contributed by atoms with Crippen molar-refractivity contribution in [2.75, 3.05) is 24.6 Å². The molecule has 7 heteroatoms. The van der Waals surface area contributed by atoms with Crippen molar-refractivity contribution < 1.29 is 4.74 Å². The number of morpholine rings is 1. The molecule has 1 fully saturated rings. The van der Waals surface area contributed by atoms with E-state index in [1.54, 1.807) is 0 Å². The number of ether oxygens (including phenoxy) is 1. The Morgan fingerprint density at radius 1 is 1.24 bits per heavy atom. The van der Waals surface area contributed by atoms with Crippen LogP contribution in [-0.2, 0) is 17.7 Å². The fraction of sp³-hybridized carbons (Fsp3) is 0.500. The van der Waals surface area contributed by atoms with Gasteiger partial charge in [-0.2, -0.15) is 0 Å². The predicted molar refractivity (Wildman–Crippen MR) is 95.9 cm³/mol. The second kappa shape index (κ2) is 6.15. The molecule has 0 unspecified atom stereocenters. The molecule has 0 spiro atoms. The van der Waals surface area contributed by atoms with E-state index in [1.165, 1.54) is 0 Å². The van der Waals surface area contributed by atoms with Gasteiger partial charge < -0.3 is 14.0 Å². The molecular weight excluding hydrogens is 316 g/mol. The van der Waals surface area contributed by atoms with Crippen molar-refractivity contribution in [1.82, 2.24) is 24.1 Å². The minimum Gasteiger partial charge on any atom is -0.372 e. The Morgan fingerprint density at radius 3 is 2.88 bits per heavy atom. The number of rotatable bonds is 4. The van der Waals surface area contributed by atoms with Crippen LogP contribution in [0.5, 0.6) is 0 Å². The van der Waals surface area contributed by atoms with Gasteiger partial charge in [0, 0.05) is 32.0 Å². The molecule has 3 aromatic rings. The van der Waals surface area contributed by atoms with Crippen LogP contribution in [0.4, 0.5) is 5.95 Å². The van der Waals surface area contributed by atoms with Gasteiger partial charge in [0.1, 0.15) is 11.5 Å². The van der Waals surface area contributed by atoms with Gasteiger partial charge in [0.25, 0.3) is 0 Å². The largest absolute Gasteiger partial charge is 0.372 e. The molecule has 4 rings (SSSR count). The van der Waals surface area contributed by atoms with Crippen molar-refractivity contribution in [3.63, 3.8) is 0 Å². The third-order valence-corrected chi connectivity index (χ3v) is 4.59. The zero-order valence-electron chi connectivity index (χ0n) is 15.0. The van der Waals surface area contributed by atoms with Gasteiger partial charge in [-0.1, -0.05) is 6.07 Å². The molecule has 4 heterocycles. The highest BCUT2D eigenvalue weighted by molar-refractivity contribution is 5.40. The molecule has 132 valence electrons. The summed E-state index contributed by atoms with van der Waals surface area (Å²) in [4.78, 5) is 6.95. The van der Waals surface area contributed by atoms with Gasteiger partial charge in [-0.15, -0.1) is 10.2 Å². The zero-order chi connectivity index (χ0) is 17.4. The summed E-state index contributed by atoms with van der Waals surface area (Å²) in [5.74, 6) is 1.88. The van der Waals surface area contributed by atoms with Crippen LogP contribution >= 0.6 is 0 Å². The van der Waals surface area contributed by atoms with Crippen molar-refractivity contribution in [3.05, 3.63) is 42.1 Å². The average Bonchev–Trinajstić information content (AvgIpc) is 3.17. The van der Waals surface area contributed by atoms with Crippen LogP contribution in [0.25, 0.3) is 5.65 Å². The molecule has 0 radical (unpaired) electrons. The number of fused-ring (bicyclic) bond motifs is 1. The maximum absolute atomic E-state index is 5.81. The molecule has 0 aromatic carbocycles. The van der Waals surface area contributed by atoms with Gasteiger partial charge in [0.2, 0.25) is 5.95 Å². The van der Waals surface area contributed by atoms with Crippen molar-refractivity contribution in [1.29, 1.82) is 0 Å². The molecule has 0 bridgehead atoms. The van der Waals surface area contributed by atoms with E-state index in [2.05, 4.69) is 51.6 Å². The molecule has 25 heavy (non-hydrogen) atoms. The molecule has 0 saturated carbocycles. The molecule has 0 atom stereocenters. The number of hydrogen-bond donors (Lipinski definition) is 0. The second-order valence-electron chi connectivity index (χ2n) is 7.07. The topological polar surface area (TPSA) is 60.5 Å². The maximum Gasteiger partial charge on any atom is 0.227 e. The number of hydrogen-bond acceptors (Lipinski definition) is 5. The van der Waals surface area contributed by atoms with Crippen LogP contribution in [-0.4, -0.2) is 49.4 Å².